The second-order valence-corrected chi connectivity index (χ2v) is 18.4. The first-order valence-corrected chi connectivity index (χ1v) is 15.0. The molecule has 2 rings (SSSR count). The minimum atomic E-state index is -0.609. The predicted molar refractivity (Wildman–Crippen MR) is 164 cm³/mol. The molecule has 0 atom stereocenters. The van der Waals surface area contributed by atoms with Gasteiger partial charge in [-0.05, 0) is 74.4 Å². The third kappa shape index (κ3) is 3.05. The third-order valence-electron chi connectivity index (χ3n) is 17.9. The summed E-state index contributed by atoms with van der Waals surface area (Å²) in [7, 11) is 0. The van der Waals surface area contributed by atoms with Gasteiger partial charge in [0.05, 0.1) is 11.1 Å². The fourth-order valence-electron chi connectivity index (χ4n) is 10.7. The Morgan fingerprint density at radius 3 is 0.692 bits per heavy atom. The van der Waals surface area contributed by atoms with Crippen molar-refractivity contribution in [2.75, 3.05) is 0 Å². The van der Waals surface area contributed by atoms with Gasteiger partial charge in [0.2, 0.25) is 12.2 Å². The molecule has 2 fully saturated rings. The van der Waals surface area contributed by atoms with Crippen LogP contribution in [0, 0.1) is 54.1 Å². The molecule has 0 aliphatic heterocycles. The molecule has 0 saturated heterocycles. The lowest BCUT2D eigenvalue weighted by Crippen LogP contribution is -2.78. The van der Waals surface area contributed by atoms with Crippen molar-refractivity contribution in [3.05, 3.63) is 0 Å². The highest BCUT2D eigenvalue weighted by atomic mass is 16.1. The fraction of sp³-hybridized carbons (Fsp3) is 0.943. The second-order valence-electron chi connectivity index (χ2n) is 18.4. The monoisotopic (exact) mass is 542 g/mol. The normalized spacial score (nSPS) is 41.9. The highest BCUT2D eigenvalue weighted by molar-refractivity contribution is 5.40. The molecule has 0 radical (unpaired) electrons. The molecule has 2 aliphatic rings. The number of hydrogen-bond donors (Lipinski definition) is 0. The molecule has 0 unspecified atom stereocenters. The molecule has 0 N–H and O–H groups in total. The predicted octanol–water partition coefficient (Wildman–Crippen LogP) is 9.81. The average Bonchev–Trinajstić information content (AvgIpc) is 2.76. The lowest BCUT2D eigenvalue weighted by atomic mass is 9.24. The fourth-order valence-corrected chi connectivity index (χ4v) is 10.7. The molecule has 0 spiro atoms. The zero-order valence-electron chi connectivity index (χ0n) is 29.4. The largest absolute Gasteiger partial charge is 0.235 e. The van der Waals surface area contributed by atoms with Crippen LogP contribution >= 0.6 is 0 Å². The lowest BCUT2D eigenvalue weighted by Gasteiger charge is -2.81. The SMILES string of the molecule is CC1(C)C(C)(C)C(C)(N=C=O)C(C)(C)C(C)(C)C1(C)CC1(C)C(C)(C)C(C)(C)C(C)(N=C=O)C(C)(C)C1(C)C. The van der Waals surface area contributed by atoms with Gasteiger partial charge < -0.3 is 0 Å². The number of aliphatic imine (C=N–C) groups is 2. The van der Waals surface area contributed by atoms with Crippen LogP contribution in [0.1, 0.15) is 145 Å². The van der Waals surface area contributed by atoms with Gasteiger partial charge in [0.1, 0.15) is 0 Å². The van der Waals surface area contributed by atoms with Crippen LogP contribution in [0.2, 0.25) is 0 Å². The van der Waals surface area contributed by atoms with Gasteiger partial charge in [-0.2, -0.15) is 9.98 Å². The van der Waals surface area contributed by atoms with E-state index in [1.54, 1.807) is 0 Å². The standard InChI is InChI=1S/C35H62N2O2/c1-24(2)28(9,10)34(19,36-22-38)29(11,12)25(3,4)32(24,17)21-33(18)26(5,6)30(13,14)35(20,37-23-39)31(15,16)27(33,7)8/h21H2,1-20H3. The zero-order valence-corrected chi connectivity index (χ0v) is 29.4. The average molecular weight is 543 g/mol. The van der Waals surface area contributed by atoms with E-state index in [-0.39, 0.29) is 54.1 Å². The van der Waals surface area contributed by atoms with Crippen molar-refractivity contribution in [3.8, 4) is 0 Å². The topological polar surface area (TPSA) is 58.9 Å². The third-order valence-corrected chi connectivity index (χ3v) is 17.9. The van der Waals surface area contributed by atoms with Gasteiger partial charge in [-0.3, -0.25) is 0 Å². The zero-order chi connectivity index (χ0) is 31.5. The quantitative estimate of drug-likeness (QED) is 0.262. The van der Waals surface area contributed by atoms with Gasteiger partial charge in [0, 0.05) is 0 Å². The maximum Gasteiger partial charge on any atom is 0.235 e. The lowest BCUT2D eigenvalue weighted by molar-refractivity contribution is -0.314. The maximum atomic E-state index is 11.9. The van der Waals surface area contributed by atoms with E-state index in [1.165, 1.54) is 0 Å². The van der Waals surface area contributed by atoms with Crippen molar-refractivity contribution < 1.29 is 9.59 Å². The summed E-state index contributed by atoms with van der Waals surface area (Å²) in [5, 5.41) is 0. The summed E-state index contributed by atoms with van der Waals surface area (Å²) in [5.41, 5.74) is -3.64. The van der Waals surface area contributed by atoms with Gasteiger partial charge in [-0.25, -0.2) is 9.59 Å². The van der Waals surface area contributed by atoms with Crippen LogP contribution in [0.15, 0.2) is 9.98 Å². The Hall–Kier alpha value is -1.24. The van der Waals surface area contributed by atoms with E-state index < -0.39 is 11.1 Å². The second kappa shape index (κ2) is 8.19. The Kier molecular flexibility index (Phi) is 7.13. The summed E-state index contributed by atoms with van der Waals surface area (Å²) >= 11 is 0. The van der Waals surface area contributed by atoms with Gasteiger partial charge >= 0.3 is 0 Å². The first-order valence-electron chi connectivity index (χ1n) is 15.0. The number of carbonyl (C=O) groups excluding carboxylic acids is 2. The number of hydrogen-bond acceptors (Lipinski definition) is 4. The van der Waals surface area contributed by atoms with Crippen molar-refractivity contribution in [2.45, 2.75) is 156 Å². The maximum absolute atomic E-state index is 11.9. The van der Waals surface area contributed by atoms with E-state index in [4.69, 9.17) is 0 Å². The summed E-state index contributed by atoms with van der Waals surface area (Å²) in [6, 6.07) is 0. The molecule has 4 nitrogen and oxygen atoms in total. The molecule has 0 aromatic carbocycles. The van der Waals surface area contributed by atoms with E-state index in [9.17, 15) is 9.59 Å². The molecule has 0 aromatic heterocycles. The van der Waals surface area contributed by atoms with Gasteiger partial charge in [-0.15, -0.1) is 0 Å². The summed E-state index contributed by atoms with van der Waals surface area (Å²) in [4.78, 5) is 33.1. The molecule has 2 saturated carbocycles. The van der Waals surface area contributed by atoms with Crippen LogP contribution in [-0.4, -0.2) is 23.2 Å². The van der Waals surface area contributed by atoms with Crippen LogP contribution < -0.4 is 0 Å². The number of isocyanates is 2. The molecule has 0 amide bonds. The van der Waals surface area contributed by atoms with E-state index in [1.807, 2.05) is 12.2 Å². The summed E-state index contributed by atoms with van der Waals surface area (Å²) < 4.78 is 0. The number of rotatable bonds is 4. The smallest absolute Gasteiger partial charge is 0.211 e. The van der Waals surface area contributed by atoms with Crippen molar-refractivity contribution in [1.82, 2.24) is 0 Å². The Bertz CT molecular complexity index is 971. The van der Waals surface area contributed by atoms with E-state index in [0.717, 1.165) is 6.42 Å². The molecule has 224 valence electrons. The minimum absolute atomic E-state index is 0.165. The van der Waals surface area contributed by atoms with Crippen LogP contribution in [0.4, 0.5) is 0 Å². The Labute approximate surface area is 241 Å². The molecule has 39 heavy (non-hydrogen) atoms. The van der Waals surface area contributed by atoms with Crippen molar-refractivity contribution in [3.63, 3.8) is 0 Å². The van der Waals surface area contributed by atoms with Crippen molar-refractivity contribution in [2.24, 2.45) is 64.1 Å². The van der Waals surface area contributed by atoms with Crippen LogP contribution in [-0.2, 0) is 9.59 Å². The molecule has 4 heteroatoms. The first-order chi connectivity index (χ1) is 16.8. The van der Waals surface area contributed by atoms with E-state index in [2.05, 4.69) is 148 Å². The van der Waals surface area contributed by atoms with Crippen molar-refractivity contribution >= 4 is 12.2 Å². The van der Waals surface area contributed by atoms with E-state index in [0.29, 0.717) is 0 Å². The Morgan fingerprint density at radius 2 is 0.538 bits per heavy atom. The minimum Gasteiger partial charge on any atom is -0.211 e. The molecular weight excluding hydrogens is 480 g/mol. The van der Waals surface area contributed by atoms with E-state index >= 15 is 0 Å². The molecule has 0 heterocycles. The highest BCUT2D eigenvalue weighted by Gasteiger charge is 2.80. The van der Waals surface area contributed by atoms with Crippen LogP contribution in [0.3, 0.4) is 0 Å². The Morgan fingerprint density at radius 1 is 0.359 bits per heavy atom. The molecular formula is C35H62N2O2. The van der Waals surface area contributed by atoms with Crippen LogP contribution in [0.25, 0.3) is 0 Å². The molecule has 0 aromatic rings. The summed E-state index contributed by atoms with van der Waals surface area (Å²) in [6.45, 7) is 47.1. The highest BCUT2D eigenvalue weighted by Crippen LogP contribution is 2.83. The van der Waals surface area contributed by atoms with Gasteiger partial charge in [0.25, 0.3) is 0 Å². The van der Waals surface area contributed by atoms with Crippen LogP contribution in [0.5, 0.6) is 0 Å². The molecule has 0 bridgehead atoms. The summed E-state index contributed by atoms with van der Waals surface area (Å²) in [6.07, 6.45) is 4.94. The molecule has 2 aliphatic carbocycles. The number of nitrogens with zero attached hydrogens (tertiary/aromatic N) is 2. The van der Waals surface area contributed by atoms with Crippen molar-refractivity contribution in [1.29, 1.82) is 0 Å². The summed E-state index contributed by atoms with van der Waals surface area (Å²) in [5.74, 6) is 0. The van der Waals surface area contributed by atoms with Gasteiger partial charge in [-0.1, -0.05) is 125 Å². The first kappa shape index (κ1) is 34.0. The Balaban J connectivity index is 3.09. The van der Waals surface area contributed by atoms with Gasteiger partial charge in [0.15, 0.2) is 0 Å².